The molecule has 8 heteroatoms. The summed E-state index contributed by atoms with van der Waals surface area (Å²) in [5, 5.41) is 0. The molecule has 0 radical (unpaired) electrons. The smallest absolute Gasteiger partial charge is 0.373 e. The topological polar surface area (TPSA) is 117 Å². The van der Waals surface area contributed by atoms with Crippen molar-refractivity contribution < 1.29 is 103 Å². The van der Waals surface area contributed by atoms with Gasteiger partial charge in [0.25, 0.3) is 0 Å². The van der Waals surface area contributed by atoms with Crippen LogP contribution in [0.5, 0.6) is 0 Å². The second-order valence-electron chi connectivity index (χ2n) is 0.179. The predicted octanol–water partition coefficient (Wildman–Crippen LogP) is -4.26. The molecule has 0 unspecified atom stereocenters. The standard InChI is InChI=1S/2K.2N3/c;;2*1-3-2/q2*+1;2*-1. The molecule has 0 saturated carbocycles. The summed E-state index contributed by atoms with van der Waals surface area (Å²) in [6.07, 6.45) is 0. The molecule has 0 saturated heterocycles. The quantitative estimate of drug-likeness (QED) is 0.148. The summed E-state index contributed by atoms with van der Waals surface area (Å²) >= 11 is 0. The van der Waals surface area contributed by atoms with Crippen LogP contribution in [-0.4, -0.2) is 0 Å². The van der Waals surface area contributed by atoms with Gasteiger partial charge in [0.05, 0.1) is 0 Å². The Morgan fingerprint density at radius 3 is 0.625 bits per heavy atom. The minimum absolute atomic E-state index is 0. The van der Waals surface area contributed by atoms with E-state index in [9.17, 15) is 0 Å². The van der Waals surface area contributed by atoms with Crippen LogP contribution in [0.1, 0.15) is 0 Å². The summed E-state index contributed by atoms with van der Waals surface area (Å²) in [7, 11) is 0. The SMILES string of the molecule is [K+].[K+].[N-]=[N+]=[N-].[N-]=[N+]=[N-]. The Bertz CT molecular complexity index is 60.5. The van der Waals surface area contributed by atoms with Crippen LogP contribution in [0.2, 0.25) is 0 Å². The van der Waals surface area contributed by atoms with E-state index in [2.05, 4.69) is 0 Å². The van der Waals surface area contributed by atoms with Gasteiger partial charge in [-0.1, -0.05) is 0 Å². The van der Waals surface area contributed by atoms with E-state index in [4.69, 9.17) is 22.1 Å². The van der Waals surface area contributed by atoms with Crippen molar-refractivity contribution in [3.8, 4) is 0 Å². The number of nitrogens with zero attached hydrogens (tertiary/aromatic N) is 6. The van der Waals surface area contributed by atoms with Crippen molar-refractivity contribution >= 4 is 0 Å². The largest absolute Gasteiger partial charge is 1.00 e. The Hall–Kier alpha value is 1.89. The zero-order chi connectivity index (χ0) is 5.41. The Labute approximate surface area is 131 Å². The van der Waals surface area contributed by atoms with Crippen molar-refractivity contribution in [3.63, 3.8) is 0 Å². The van der Waals surface area contributed by atoms with Crippen molar-refractivity contribution in [1.82, 2.24) is 0 Å². The van der Waals surface area contributed by atoms with E-state index in [1.165, 1.54) is 9.82 Å². The summed E-state index contributed by atoms with van der Waals surface area (Å²) in [6.45, 7) is 0. The molecule has 0 aromatic carbocycles. The summed E-state index contributed by atoms with van der Waals surface area (Å²) in [6, 6.07) is 0. The van der Waals surface area contributed by atoms with Crippen LogP contribution in [0, 0.1) is 0 Å². The summed E-state index contributed by atoms with van der Waals surface area (Å²) in [4.78, 5) is 3.00. The Morgan fingerprint density at radius 2 is 0.625 bits per heavy atom. The molecule has 0 rings (SSSR count). The van der Waals surface area contributed by atoms with Crippen LogP contribution in [0.25, 0.3) is 31.9 Å². The molecule has 8 heavy (non-hydrogen) atoms. The maximum Gasteiger partial charge on any atom is 1.00 e. The average Bonchev–Trinajstić information content (AvgIpc) is 1.39. The first-order chi connectivity index (χ1) is 2.83. The van der Waals surface area contributed by atoms with Gasteiger partial charge in [0.2, 0.25) is 0 Å². The molecule has 0 fully saturated rings. The van der Waals surface area contributed by atoms with Crippen molar-refractivity contribution in [1.29, 1.82) is 0 Å². The molecule has 32 valence electrons. The van der Waals surface area contributed by atoms with E-state index in [0.29, 0.717) is 0 Å². The van der Waals surface area contributed by atoms with E-state index >= 15 is 0 Å². The monoisotopic (exact) mass is 162 g/mol. The molecule has 6 nitrogen and oxygen atoms in total. The second-order valence-corrected chi connectivity index (χ2v) is 0.179. The van der Waals surface area contributed by atoms with Gasteiger partial charge in [-0.25, -0.2) is 0 Å². The average molecular weight is 162 g/mol. The van der Waals surface area contributed by atoms with Gasteiger partial charge in [0.15, 0.2) is 0 Å². The molecule has 0 amide bonds. The van der Waals surface area contributed by atoms with Crippen molar-refractivity contribution in [3.05, 3.63) is 31.9 Å². The third-order valence-electron chi connectivity index (χ3n) is 0. The zero-order valence-electron chi connectivity index (χ0n) is 4.68. The Kier molecular flexibility index (Phi) is 103. The van der Waals surface area contributed by atoms with E-state index in [1.807, 2.05) is 0 Å². The third kappa shape index (κ3) is 105. The van der Waals surface area contributed by atoms with Crippen molar-refractivity contribution in [2.24, 2.45) is 0 Å². The molecule has 0 heterocycles. The van der Waals surface area contributed by atoms with Crippen LogP contribution in [0.4, 0.5) is 0 Å². The van der Waals surface area contributed by atoms with Crippen LogP contribution in [0.3, 0.4) is 0 Å². The number of hydrogen-bond donors (Lipinski definition) is 0. The molecule has 0 N–H and O–H groups in total. The van der Waals surface area contributed by atoms with Gasteiger partial charge < -0.3 is 22.1 Å². The van der Waals surface area contributed by atoms with Crippen LogP contribution < -0.4 is 103 Å². The fraction of sp³-hybridized carbons (Fsp3) is 0. The summed E-state index contributed by atoms with van der Waals surface area (Å²) < 4.78 is 0. The first-order valence-electron chi connectivity index (χ1n) is 0.800. The molecule has 0 aliphatic carbocycles. The van der Waals surface area contributed by atoms with E-state index in [0.717, 1.165) is 0 Å². The minimum Gasteiger partial charge on any atom is -0.373 e. The minimum atomic E-state index is 0. The second kappa shape index (κ2) is 36.6. The normalized spacial score (nSPS) is 2.00. The number of rotatable bonds is 0. The van der Waals surface area contributed by atoms with Gasteiger partial charge >= 0.3 is 103 Å². The molecular weight excluding hydrogens is 162 g/mol. The number of hydrogen-bond acceptors (Lipinski definition) is 0. The van der Waals surface area contributed by atoms with Gasteiger partial charge in [-0.05, 0) is 0 Å². The maximum atomic E-state index is 6.75. The van der Waals surface area contributed by atoms with Gasteiger partial charge in [0.1, 0.15) is 0 Å². The first-order valence-corrected chi connectivity index (χ1v) is 0.800. The van der Waals surface area contributed by atoms with Gasteiger partial charge in [-0.2, -0.15) is 0 Å². The molecule has 0 bridgehead atoms. The predicted molar refractivity (Wildman–Crippen MR) is 20.2 cm³/mol. The van der Waals surface area contributed by atoms with Crippen LogP contribution in [0.15, 0.2) is 0 Å². The van der Waals surface area contributed by atoms with Gasteiger partial charge in [-0.3, -0.25) is 9.82 Å². The van der Waals surface area contributed by atoms with Crippen LogP contribution in [-0.2, 0) is 0 Å². The van der Waals surface area contributed by atoms with Gasteiger partial charge in [0, 0.05) is 0 Å². The van der Waals surface area contributed by atoms with E-state index in [-0.39, 0.29) is 103 Å². The molecular formula is K2N6. The summed E-state index contributed by atoms with van der Waals surface area (Å²) in [5.74, 6) is 0. The molecule has 0 aromatic rings. The van der Waals surface area contributed by atoms with E-state index in [1.54, 1.807) is 0 Å². The summed E-state index contributed by atoms with van der Waals surface area (Å²) in [5.41, 5.74) is 27.0. The molecule has 0 spiro atoms. The zero-order valence-corrected chi connectivity index (χ0v) is 10.9. The fourth-order valence-electron chi connectivity index (χ4n) is 0. The first kappa shape index (κ1) is 22.5. The maximum absolute atomic E-state index is 6.75. The van der Waals surface area contributed by atoms with Gasteiger partial charge in [-0.15, -0.1) is 0 Å². The molecule has 0 aliphatic rings. The Balaban J connectivity index is -0.0000000160. The fourth-order valence-corrected chi connectivity index (χ4v) is 0. The third-order valence-corrected chi connectivity index (χ3v) is 0. The van der Waals surface area contributed by atoms with Crippen LogP contribution >= 0.6 is 0 Å². The van der Waals surface area contributed by atoms with Crippen molar-refractivity contribution in [2.45, 2.75) is 0 Å². The van der Waals surface area contributed by atoms with Crippen molar-refractivity contribution in [2.75, 3.05) is 0 Å². The molecule has 0 aliphatic heterocycles. The Morgan fingerprint density at radius 1 is 0.625 bits per heavy atom. The van der Waals surface area contributed by atoms with E-state index < -0.39 is 0 Å². The molecule has 0 aromatic heterocycles. The molecule has 0 atom stereocenters.